The summed E-state index contributed by atoms with van der Waals surface area (Å²) in [5.41, 5.74) is -0.550. The first-order valence-electron chi connectivity index (χ1n) is 6.02. The van der Waals surface area contributed by atoms with Crippen molar-refractivity contribution in [3.8, 4) is 0 Å². The van der Waals surface area contributed by atoms with Crippen LogP contribution >= 0.6 is 15.9 Å². The normalized spacial score (nSPS) is 16.1. The molecule has 0 spiro atoms. The summed E-state index contributed by atoms with van der Waals surface area (Å²) in [4.78, 5) is 0. The molecule has 0 unspecified atom stereocenters. The quantitative estimate of drug-likeness (QED) is 0.558. The van der Waals surface area contributed by atoms with Crippen molar-refractivity contribution in [3.63, 3.8) is 0 Å². The van der Waals surface area contributed by atoms with Crippen molar-refractivity contribution in [3.05, 3.63) is 34.1 Å². The molecular formula is C13H16BrF4NOS. The molecule has 2 nitrogen and oxygen atoms in total. The zero-order chi connectivity index (χ0) is 16.6. The molecule has 1 aromatic rings. The van der Waals surface area contributed by atoms with E-state index in [4.69, 9.17) is 0 Å². The molecule has 0 aliphatic carbocycles. The van der Waals surface area contributed by atoms with Gasteiger partial charge in [0.25, 0.3) is 0 Å². The Morgan fingerprint density at radius 2 is 1.76 bits per heavy atom. The van der Waals surface area contributed by atoms with Crippen LogP contribution in [-0.4, -0.2) is 26.8 Å². The van der Waals surface area contributed by atoms with Crippen molar-refractivity contribution in [2.45, 2.75) is 37.7 Å². The molecule has 1 rings (SSSR count). The van der Waals surface area contributed by atoms with Gasteiger partial charge in [-0.3, -0.25) is 0 Å². The molecule has 120 valence electrons. The highest BCUT2D eigenvalue weighted by molar-refractivity contribution is 9.10. The van der Waals surface area contributed by atoms with Crippen LogP contribution in [0.5, 0.6) is 0 Å². The van der Waals surface area contributed by atoms with Crippen LogP contribution in [0.25, 0.3) is 0 Å². The van der Waals surface area contributed by atoms with Gasteiger partial charge in [-0.25, -0.2) is 4.39 Å². The fourth-order valence-corrected chi connectivity index (χ4v) is 3.45. The Bertz CT molecular complexity index is 504. The van der Waals surface area contributed by atoms with Gasteiger partial charge in [0.2, 0.25) is 0 Å². The third-order valence-corrected chi connectivity index (χ3v) is 4.99. The molecule has 0 fully saturated rings. The second kappa shape index (κ2) is 6.44. The van der Waals surface area contributed by atoms with Crippen molar-refractivity contribution in [1.29, 1.82) is 0 Å². The fourth-order valence-electron chi connectivity index (χ4n) is 1.83. The molecule has 0 N–H and O–H groups in total. The maximum atomic E-state index is 13.9. The number of alkyl halides is 3. The van der Waals surface area contributed by atoms with E-state index in [-0.39, 0.29) is 0 Å². The van der Waals surface area contributed by atoms with Crippen molar-refractivity contribution < 1.29 is 22.1 Å². The third-order valence-electron chi connectivity index (χ3n) is 2.72. The molecule has 21 heavy (non-hydrogen) atoms. The smallest absolute Gasteiger partial charge is 0.412 e. The van der Waals surface area contributed by atoms with E-state index in [1.165, 1.54) is 6.07 Å². The van der Waals surface area contributed by atoms with Crippen LogP contribution in [0.3, 0.4) is 0 Å². The predicted molar refractivity (Wildman–Crippen MR) is 78.6 cm³/mol. The Hall–Kier alpha value is -0.310. The highest BCUT2D eigenvalue weighted by Crippen LogP contribution is 2.41. The Morgan fingerprint density at radius 3 is 2.14 bits per heavy atom. The molecular weight excluding hydrogens is 374 g/mol. The predicted octanol–water partition coefficient (Wildman–Crippen LogP) is 4.59. The number of rotatable bonds is 3. The van der Waals surface area contributed by atoms with Crippen LogP contribution < -0.4 is 0 Å². The van der Waals surface area contributed by atoms with Crippen molar-refractivity contribution in [2.24, 2.45) is 0 Å². The Morgan fingerprint density at radius 1 is 1.24 bits per heavy atom. The first kappa shape index (κ1) is 18.7. The molecule has 0 aliphatic heterocycles. The van der Waals surface area contributed by atoms with Gasteiger partial charge in [-0.05, 0) is 32.9 Å². The average molecular weight is 390 g/mol. The zero-order valence-electron chi connectivity index (χ0n) is 12.0. The molecule has 1 aromatic carbocycles. The molecule has 2 atom stereocenters. The van der Waals surface area contributed by atoms with E-state index in [1.807, 2.05) is 0 Å². The lowest BCUT2D eigenvalue weighted by Crippen LogP contribution is -2.47. The molecule has 0 amide bonds. The highest BCUT2D eigenvalue weighted by atomic mass is 79.9. The Labute approximate surface area is 133 Å². The van der Waals surface area contributed by atoms with Gasteiger partial charge in [-0.1, -0.05) is 22.0 Å². The van der Waals surface area contributed by atoms with Gasteiger partial charge in [0, 0.05) is 28.4 Å². The molecule has 0 saturated heterocycles. The fraction of sp³-hybridized carbons (Fsp3) is 0.538. The summed E-state index contributed by atoms with van der Waals surface area (Å²) in [6, 6.07) is 1.06. The molecule has 0 heterocycles. The van der Waals surface area contributed by atoms with Crippen molar-refractivity contribution in [1.82, 2.24) is 4.31 Å². The summed E-state index contributed by atoms with van der Waals surface area (Å²) in [7, 11) is 1.08. The van der Waals surface area contributed by atoms with Gasteiger partial charge >= 0.3 is 6.18 Å². The van der Waals surface area contributed by atoms with Gasteiger partial charge in [0.1, 0.15) is 10.6 Å². The van der Waals surface area contributed by atoms with E-state index in [2.05, 4.69) is 15.9 Å². The van der Waals surface area contributed by atoms with Gasteiger partial charge in [0.15, 0.2) is 6.04 Å². The molecule has 0 radical (unpaired) electrons. The van der Waals surface area contributed by atoms with E-state index in [0.717, 1.165) is 19.2 Å². The van der Waals surface area contributed by atoms with Crippen molar-refractivity contribution in [2.75, 3.05) is 7.05 Å². The maximum absolute atomic E-state index is 13.9. The van der Waals surface area contributed by atoms with Crippen LogP contribution in [0, 0.1) is 5.82 Å². The van der Waals surface area contributed by atoms with Gasteiger partial charge < -0.3 is 4.55 Å². The van der Waals surface area contributed by atoms with Gasteiger partial charge in [-0.15, -0.1) is 4.31 Å². The van der Waals surface area contributed by atoms with Crippen LogP contribution in [0.1, 0.15) is 32.4 Å². The van der Waals surface area contributed by atoms with Crippen LogP contribution in [0.2, 0.25) is 0 Å². The minimum atomic E-state index is -4.75. The first-order chi connectivity index (χ1) is 9.35. The SMILES string of the molecule is CN([C@@H](c1ccc(Br)cc1F)C(F)(F)F)[S@+]([O-])C(C)(C)C. The van der Waals surface area contributed by atoms with Crippen LogP contribution in [-0.2, 0) is 11.4 Å². The van der Waals surface area contributed by atoms with E-state index >= 15 is 0 Å². The summed E-state index contributed by atoms with van der Waals surface area (Å²) >= 11 is 1.06. The number of benzene rings is 1. The highest BCUT2D eigenvalue weighted by Gasteiger charge is 2.51. The number of hydrogen-bond donors (Lipinski definition) is 0. The van der Waals surface area contributed by atoms with E-state index in [0.29, 0.717) is 8.78 Å². The van der Waals surface area contributed by atoms with Crippen molar-refractivity contribution >= 4 is 27.3 Å². The third kappa shape index (κ3) is 4.58. The van der Waals surface area contributed by atoms with Crippen LogP contribution in [0.4, 0.5) is 17.6 Å². The lowest BCUT2D eigenvalue weighted by molar-refractivity contribution is -0.172. The average Bonchev–Trinajstić information content (AvgIpc) is 2.28. The molecule has 8 heteroatoms. The minimum Gasteiger partial charge on any atom is -0.597 e. The molecule has 0 aromatic heterocycles. The van der Waals surface area contributed by atoms with Crippen LogP contribution in [0.15, 0.2) is 22.7 Å². The Balaban J connectivity index is 3.31. The molecule has 0 saturated carbocycles. The number of hydrogen-bond acceptors (Lipinski definition) is 2. The summed E-state index contributed by atoms with van der Waals surface area (Å²) in [6.45, 7) is 4.68. The van der Waals surface area contributed by atoms with E-state index < -0.39 is 39.7 Å². The minimum absolute atomic E-state index is 0.337. The summed E-state index contributed by atoms with van der Waals surface area (Å²) in [5.74, 6) is -0.996. The lowest BCUT2D eigenvalue weighted by atomic mass is 10.1. The van der Waals surface area contributed by atoms with E-state index in [9.17, 15) is 22.1 Å². The lowest BCUT2D eigenvalue weighted by Gasteiger charge is -2.35. The van der Waals surface area contributed by atoms with Gasteiger partial charge in [0.05, 0.1) is 0 Å². The standard InChI is InChI=1S/C13H16BrF4NOS/c1-12(2,3)21(20)19(4)11(13(16,17)18)9-6-5-8(14)7-10(9)15/h5-7,11H,1-4H3/t11-,21+/m0/s1. The molecule has 0 aliphatic rings. The second-order valence-corrected chi connectivity index (χ2v) is 8.73. The summed E-state index contributed by atoms with van der Waals surface area (Å²) < 4.78 is 66.2. The molecule has 0 bridgehead atoms. The number of nitrogens with zero attached hydrogens (tertiary/aromatic N) is 1. The largest absolute Gasteiger partial charge is 0.597 e. The first-order valence-corrected chi connectivity index (χ1v) is 7.92. The van der Waals surface area contributed by atoms with E-state index in [1.54, 1.807) is 20.8 Å². The topological polar surface area (TPSA) is 26.3 Å². The second-order valence-electron chi connectivity index (χ2n) is 5.52. The monoisotopic (exact) mass is 389 g/mol. The summed E-state index contributed by atoms with van der Waals surface area (Å²) in [5, 5.41) is 0. The zero-order valence-corrected chi connectivity index (χ0v) is 14.4. The Kier molecular flexibility index (Phi) is 5.74. The summed E-state index contributed by atoms with van der Waals surface area (Å²) in [6.07, 6.45) is -4.75. The number of halogens is 5. The maximum Gasteiger partial charge on any atom is 0.412 e. The van der Waals surface area contributed by atoms with Gasteiger partial charge in [-0.2, -0.15) is 13.2 Å².